The minimum Gasteiger partial charge on any atom is -0.466 e. The average Bonchev–Trinajstić information content (AvgIpc) is 2.85. The molecule has 2 rings (SSSR count). The van der Waals surface area contributed by atoms with E-state index >= 15 is 0 Å². The monoisotopic (exact) mass is 241 g/mol. The van der Waals surface area contributed by atoms with E-state index in [0.717, 1.165) is 25.9 Å². The van der Waals surface area contributed by atoms with Gasteiger partial charge in [0.05, 0.1) is 18.1 Å². The quantitative estimate of drug-likeness (QED) is 0.751. The molecule has 0 spiro atoms. The molecule has 3 atom stereocenters. The zero-order valence-corrected chi connectivity index (χ0v) is 10.8. The van der Waals surface area contributed by atoms with Crippen molar-refractivity contribution in [3.8, 4) is 0 Å². The van der Waals surface area contributed by atoms with Crippen molar-refractivity contribution in [2.24, 2.45) is 5.92 Å². The Morgan fingerprint density at radius 1 is 1.53 bits per heavy atom. The van der Waals surface area contributed by atoms with E-state index in [9.17, 15) is 9.90 Å². The summed E-state index contributed by atoms with van der Waals surface area (Å²) in [4.78, 5) is 14.3. The highest BCUT2D eigenvalue weighted by molar-refractivity contribution is 5.74. The summed E-state index contributed by atoms with van der Waals surface area (Å²) in [6.45, 7) is 6.13. The van der Waals surface area contributed by atoms with Gasteiger partial charge in [0.2, 0.25) is 0 Å². The van der Waals surface area contributed by atoms with Crippen LogP contribution in [-0.4, -0.2) is 47.3 Å². The summed E-state index contributed by atoms with van der Waals surface area (Å²) in [5.74, 6) is -0.596. The van der Waals surface area contributed by atoms with Crippen molar-refractivity contribution in [3.05, 3.63) is 0 Å². The third-order valence-electron chi connectivity index (χ3n) is 4.32. The molecular weight excluding hydrogens is 218 g/mol. The van der Waals surface area contributed by atoms with E-state index < -0.39 is 5.60 Å². The average molecular weight is 241 g/mol. The molecule has 4 heteroatoms. The highest BCUT2D eigenvalue weighted by Crippen LogP contribution is 2.42. The number of aliphatic hydroxyl groups is 1. The molecule has 4 nitrogen and oxygen atoms in total. The summed E-state index contributed by atoms with van der Waals surface area (Å²) in [6, 6.07) is 0.164. The number of esters is 1. The van der Waals surface area contributed by atoms with Gasteiger partial charge in [-0.1, -0.05) is 6.92 Å². The predicted octanol–water partition coefficient (Wildman–Crippen LogP) is 1.17. The van der Waals surface area contributed by atoms with Crippen molar-refractivity contribution < 1.29 is 14.6 Å². The molecule has 98 valence electrons. The lowest BCUT2D eigenvalue weighted by Crippen LogP contribution is -2.50. The van der Waals surface area contributed by atoms with Crippen LogP contribution in [0.25, 0.3) is 0 Å². The molecule has 2 heterocycles. The highest BCUT2D eigenvalue weighted by Gasteiger charge is 2.54. The molecule has 1 N–H and O–H groups in total. The minimum atomic E-state index is -0.864. The van der Waals surface area contributed by atoms with Crippen LogP contribution in [0.4, 0.5) is 0 Å². The summed E-state index contributed by atoms with van der Waals surface area (Å²) in [6.07, 6.45) is 3.49. The molecule has 0 aromatic rings. The number of nitrogens with zero attached hydrogens (tertiary/aromatic N) is 1. The Kier molecular flexibility index (Phi) is 3.73. The van der Waals surface area contributed by atoms with Crippen LogP contribution in [0.3, 0.4) is 0 Å². The van der Waals surface area contributed by atoms with Crippen LogP contribution in [0.5, 0.6) is 0 Å². The Labute approximate surface area is 103 Å². The van der Waals surface area contributed by atoms with Crippen molar-refractivity contribution in [2.75, 3.05) is 19.7 Å². The van der Waals surface area contributed by atoms with Gasteiger partial charge in [0, 0.05) is 12.6 Å². The molecule has 2 saturated heterocycles. The lowest BCUT2D eigenvalue weighted by molar-refractivity contribution is -0.160. The Balaban J connectivity index is 2.15. The SMILES string of the molecule is CCOC(=O)C(CC)C1(O)CCN2CCCC21. The first-order valence-electron chi connectivity index (χ1n) is 6.76. The maximum Gasteiger partial charge on any atom is 0.311 e. The number of hydrogen-bond donors (Lipinski definition) is 1. The van der Waals surface area contributed by atoms with Gasteiger partial charge in [0.25, 0.3) is 0 Å². The van der Waals surface area contributed by atoms with E-state index in [1.807, 2.05) is 13.8 Å². The third kappa shape index (κ3) is 2.08. The number of carbonyl (C=O) groups is 1. The first kappa shape index (κ1) is 12.8. The highest BCUT2D eigenvalue weighted by atomic mass is 16.5. The first-order chi connectivity index (χ1) is 8.13. The molecule has 2 aliphatic rings. The first-order valence-corrected chi connectivity index (χ1v) is 6.76. The van der Waals surface area contributed by atoms with Crippen LogP contribution in [0, 0.1) is 5.92 Å². The fraction of sp³-hybridized carbons (Fsp3) is 0.923. The molecule has 2 fully saturated rings. The van der Waals surface area contributed by atoms with Crippen molar-refractivity contribution in [1.82, 2.24) is 4.90 Å². The van der Waals surface area contributed by atoms with Crippen molar-refractivity contribution in [2.45, 2.75) is 51.2 Å². The fourth-order valence-corrected chi connectivity index (χ4v) is 3.52. The zero-order chi connectivity index (χ0) is 12.5. The van der Waals surface area contributed by atoms with E-state index in [1.165, 1.54) is 0 Å². The Morgan fingerprint density at radius 3 is 2.94 bits per heavy atom. The zero-order valence-electron chi connectivity index (χ0n) is 10.8. The van der Waals surface area contributed by atoms with Crippen LogP contribution in [-0.2, 0) is 9.53 Å². The van der Waals surface area contributed by atoms with Gasteiger partial charge >= 0.3 is 5.97 Å². The summed E-state index contributed by atoms with van der Waals surface area (Å²) in [7, 11) is 0. The second-order valence-electron chi connectivity index (χ2n) is 5.15. The maximum absolute atomic E-state index is 12.0. The molecule has 0 aliphatic carbocycles. The van der Waals surface area contributed by atoms with Gasteiger partial charge in [-0.15, -0.1) is 0 Å². The van der Waals surface area contributed by atoms with E-state index in [-0.39, 0.29) is 17.9 Å². The largest absolute Gasteiger partial charge is 0.466 e. The molecule has 0 amide bonds. The maximum atomic E-state index is 12.0. The summed E-state index contributed by atoms with van der Waals surface area (Å²) in [5.41, 5.74) is -0.864. The van der Waals surface area contributed by atoms with E-state index in [4.69, 9.17) is 4.74 Å². The molecule has 0 bridgehead atoms. The summed E-state index contributed by atoms with van der Waals surface area (Å²) >= 11 is 0. The summed E-state index contributed by atoms with van der Waals surface area (Å²) in [5, 5.41) is 10.9. The van der Waals surface area contributed by atoms with Crippen molar-refractivity contribution in [3.63, 3.8) is 0 Å². The van der Waals surface area contributed by atoms with E-state index in [2.05, 4.69) is 4.90 Å². The van der Waals surface area contributed by atoms with Gasteiger partial charge in [0.15, 0.2) is 0 Å². The molecule has 0 aromatic heterocycles. The molecule has 0 radical (unpaired) electrons. The van der Waals surface area contributed by atoms with Gasteiger partial charge in [-0.25, -0.2) is 0 Å². The van der Waals surface area contributed by atoms with Crippen LogP contribution < -0.4 is 0 Å². The van der Waals surface area contributed by atoms with Gasteiger partial charge in [-0.2, -0.15) is 0 Å². The Bertz CT molecular complexity index is 294. The van der Waals surface area contributed by atoms with E-state index in [1.54, 1.807) is 0 Å². The van der Waals surface area contributed by atoms with Gasteiger partial charge in [0.1, 0.15) is 0 Å². The van der Waals surface area contributed by atoms with Crippen molar-refractivity contribution >= 4 is 5.97 Å². The third-order valence-corrected chi connectivity index (χ3v) is 4.32. The van der Waals surface area contributed by atoms with Crippen LogP contribution >= 0.6 is 0 Å². The standard InChI is InChI=1S/C13H23NO3/c1-3-10(12(15)17-4-2)13(16)7-9-14-8-5-6-11(13)14/h10-11,16H,3-9H2,1-2H3. The molecule has 0 aromatic carbocycles. The minimum absolute atomic E-state index is 0.164. The molecule has 3 unspecified atom stereocenters. The van der Waals surface area contributed by atoms with Crippen molar-refractivity contribution in [1.29, 1.82) is 0 Å². The normalized spacial score (nSPS) is 34.6. The Morgan fingerprint density at radius 2 is 2.29 bits per heavy atom. The van der Waals surface area contributed by atoms with Gasteiger partial charge in [-0.05, 0) is 39.2 Å². The lowest BCUT2D eigenvalue weighted by atomic mass is 9.78. The molecular formula is C13H23NO3. The van der Waals surface area contributed by atoms with Crippen LogP contribution in [0.15, 0.2) is 0 Å². The smallest absolute Gasteiger partial charge is 0.311 e. The van der Waals surface area contributed by atoms with Crippen LogP contribution in [0.2, 0.25) is 0 Å². The van der Waals surface area contributed by atoms with E-state index in [0.29, 0.717) is 19.4 Å². The number of carbonyl (C=O) groups excluding carboxylic acids is 1. The van der Waals surface area contributed by atoms with Crippen LogP contribution in [0.1, 0.15) is 39.5 Å². The molecule has 17 heavy (non-hydrogen) atoms. The predicted molar refractivity (Wildman–Crippen MR) is 64.6 cm³/mol. The Hall–Kier alpha value is -0.610. The second-order valence-corrected chi connectivity index (χ2v) is 5.15. The summed E-state index contributed by atoms with van der Waals surface area (Å²) < 4.78 is 5.10. The van der Waals surface area contributed by atoms with Gasteiger partial charge in [-0.3, -0.25) is 9.69 Å². The number of ether oxygens (including phenoxy) is 1. The number of fused-ring (bicyclic) bond motifs is 1. The van der Waals surface area contributed by atoms with Gasteiger partial charge < -0.3 is 9.84 Å². The lowest BCUT2D eigenvalue weighted by Gasteiger charge is -2.35. The molecule has 2 aliphatic heterocycles. The fourth-order valence-electron chi connectivity index (χ4n) is 3.52. The number of hydrogen-bond acceptors (Lipinski definition) is 4. The number of rotatable bonds is 4. The second kappa shape index (κ2) is 4.94. The topological polar surface area (TPSA) is 49.8 Å². The molecule has 0 saturated carbocycles.